The van der Waals surface area contributed by atoms with E-state index in [1.54, 1.807) is 0 Å². The molecule has 0 N–H and O–H groups in total. The number of aromatic nitrogens is 3. The average Bonchev–Trinajstić information content (AvgIpc) is 3.10. The molecule has 23 heavy (non-hydrogen) atoms. The molecule has 1 aliphatic heterocycles. The molecule has 0 amide bonds. The fraction of sp³-hybridized carbons (Fsp3) is 0.688. The van der Waals surface area contributed by atoms with E-state index in [1.165, 1.54) is 0 Å². The van der Waals surface area contributed by atoms with Crippen LogP contribution in [0.1, 0.15) is 44.0 Å². The Morgan fingerprint density at radius 1 is 1.04 bits per heavy atom. The summed E-state index contributed by atoms with van der Waals surface area (Å²) in [6.45, 7) is 13.7. The Balaban J connectivity index is 1.48. The highest BCUT2D eigenvalue weighted by molar-refractivity contribution is 5.03. The number of piperazine rings is 1. The first-order valence-electron chi connectivity index (χ1n) is 8.10. The first kappa shape index (κ1) is 16.1. The molecule has 1 saturated heterocycles. The van der Waals surface area contributed by atoms with E-state index in [0.717, 1.165) is 50.7 Å². The van der Waals surface area contributed by atoms with Gasteiger partial charge in [-0.2, -0.15) is 0 Å². The fourth-order valence-corrected chi connectivity index (χ4v) is 2.63. The highest BCUT2D eigenvalue weighted by Crippen LogP contribution is 2.21. The number of rotatable bonds is 4. The summed E-state index contributed by atoms with van der Waals surface area (Å²) < 4.78 is 11.1. The molecule has 0 bridgehead atoms. The Labute approximate surface area is 136 Å². The zero-order valence-corrected chi connectivity index (χ0v) is 14.4. The van der Waals surface area contributed by atoms with Crippen molar-refractivity contribution in [1.29, 1.82) is 0 Å². The molecule has 0 unspecified atom stereocenters. The van der Waals surface area contributed by atoms with Crippen molar-refractivity contribution >= 4 is 0 Å². The molecular formula is C16H25N5O2. The molecule has 0 saturated carbocycles. The summed E-state index contributed by atoms with van der Waals surface area (Å²) in [5, 5.41) is 12.3. The van der Waals surface area contributed by atoms with Gasteiger partial charge in [-0.1, -0.05) is 25.9 Å². The predicted molar refractivity (Wildman–Crippen MR) is 84.8 cm³/mol. The molecule has 1 fully saturated rings. The average molecular weight is 319 g/mol. The van der Waals surface area contributed by atoms with E-state index in [4.69, 9.17) is 8.94 Å². The van der Waals surface area contributed by atoms with Gasteiger partial charge in [0.05, 0.1) is 18.8 Å². The van der Waals surface area contributed by atoms with Crippen LogP contribution in [-0.2, 0) is 18.5 Å². The van der Waals surface area contributed by atoms with Crippen molar-refractivity contribution < 1.29 is 8.94 Å². The van der Waals surface area contributed by atoms with Gasteiger partial charge in [0, 0.05) is 37.7 Å². The lowest BCUT2D eigenvalue weighted by atomic mass is 9.97. The molecule has 3 rings (SSSR count). The molecule has 126 valence electrons. The third kappa shape index (κ3) is 4.17. The highest BCUT2D eigenvalue weighted by Gasteiger charge is 2.24. The van der Waals surface area contributed by atoms with Gasteiger partial charge in [0.1, 0.15) is 0 Å². The molecule has 3 heterocycles. The molecule has 7 nitrogen and oxygen atoms in total. The largest absolute Gasteiger partial charge is 0.423 e. The monoisotopic (exact) mass is 319 g/mol. The van der Waals surface area contributed by atoms with E-state index in [1.807, 2.05) is 13.0 Å². The standard InChI is InChI=1S/C16H25N5O2/c1-12-9-13(23-19-12)10-20-5-7-21(8-6-20)11-14-17-18-15(22-14)16(2,3)4/h9H,5-8,10-11H2,1-4H3. The lowest BCUT2D eigenvalue weighted by molar-refractivity contribution is 0.106. The summed E-state index contributed by atoms with van der Waals surface area (Å²) in [7, 11) is 0. The summed E-state index contributed by atoms with van der Waals surface area (Å²) >= 11 is 0. The van der Waals surface area contributed by atoms with E-state index < -0.39 is 0 Å². The molecule has 7 heteroatoms. The number of aryl methyl sites for hydroxylation is 1. The van der Waals surface area contributed by atoms with Crippen molar-refractivity contribution in [3.05, 3.63) is 29.3 Å². The second-order valence-electron chi connectivity index (χ2n) is 7.24. The molecule has 1 aliphatic rings. The first-order valence-corrected chi connectivity index (χ1v) is 8.10. The van der Waals surface area contributed by atoms with E-state index in [0.29, 0.717) is 11.8 Å². The maximum atomic E-state index is 5.78. The summed E-state index contributed by atoms with van der Waals surface area (Å²) in [4.78, 5) is 4.73. The van der Waals surface area contributed by atoms with E-state index in [2.05, 4.69) is 45.9 Å². The van der Waals surface area contributed by atoms with Gasteiger partial charge in [-0.25, -0.2) is 0 Å². The second-order valence-corrected chi connectivity index (χ2v) is 7.24. The Bertz CT molecular complexity index is 635. The van der Waals surface area contributed by atoms with E-state index >= 15 is 0 Å². The van der Waals surface area contributed by atoms with Crippen LogP contribution in [0, 0.1) is 6.92 Å². The molecule has 0 aromatic carbocycles. The number of hydrogen-bond donors (Lipinski definition) is 0. The van der Waals surface area contributed by atoms with Crippen LogP contribution in [0.3, 0.4) is 0 Å². The Hall–Kier alpha value is -1.73. The number of nitrogens with zero attached hydrogens (tertiary/aromatic N) is 5. The van der Waals surface area contributed by atoms with Crippen LogP contribution in [0.5, 0.6) is 0 Å². The van der Waals surface area contributed by atoms with Crippen LogP contribution in [-0.4, -0.2) is 51.3 Å². The van der Waals surface area contributed by atoms with Gasteiger partial charge in [0.25, 0.3) is 0 Å². The zero-order chi connectivity index (χ0) is 16.4. The van der Waals surface area contributed by atoms with Crippen molar-refractivity contribution in [2.45, 2.75) is 46.2 Å². The van der Waals surface area contributed by atoms with Crippen molar-refractivity contribution in [3.63, 3.8) is 0 Å². The summed E-state index contributed by atoms with van der Waals surface area (Å²) in [5.74, 6) is 2.34. The minimum atomic E-state index is -0.0981. The fourth-order valence-electron chi connectivity index (χ4n) is 2.63. The van der Waals surface area contributed by atoms with Crippen LogP contribution < -0.4 is 0 Å². The Kier molecular flexibility index (Phi) is 4.50. The minimum Gasteiger partial charge on any atom is -0.423 e. The van der Waals surface area contributed by atoms with E-state index in [-0.39, 0.29) is 5.41 Å². The smallest absolute Gasteiger partial charge is 0.230 e. The minimum absolute atomic E-state index is 0.0981. The molecule has 0 atom stereocenters. The van der Waals surface area contributed by atoms with Gasteiger partial charge in [-0.05, 0) is 6.92 Å². The summed E-state index contributed by atoms with van der Waals surface area (Å²) in [6, 6.07) is 2.00. The van der Waals surface area contributed by atoms with Gasteiger partial charge < -0.3 is 8.94 Å². The van der Waals surface area contributed by atoms with Crippen LogP contribution in [0.25, 0.3) is 0 Å². The van der Waals surface area contributed by atoms with Gasteiger partial charge in [0.15, 0.2) is 5.76 Å². The lowest BCUT2D eigenvalue weighted by Crippen LogP contribution is -2.45. The third-order valence-corrected chi connectivity index (χ3v) is 3.99. The molecular weight excluding hydrogens is 294 g/mol. The Morgan fingerprint density at radius 2 is 1.70 bits per heavy atom. The quantitative estimate of drug-likeness (QED) is 0.853. The maximum absolute atomic E-state index is 5.78. The first-order chi connectivity index (χ1) is 10.9. The van der Waals surface area contributed by atoms with Gasteiger partial charge in [-0.15, -0.1) is 10.2 Å². The summed E-state index contributed by atoms with van der Waals surface area (Å²) in [6.07, 6.45) is 0. The van der Waals surface area contributed by atoms with Crippen LogP contribution in [0.4, 0.5) is 0 Å². The van der Waals surface area contributed by atoms with E-state index in [9.17, 15) is 0 Å². The third-order valence-electron chi connectivity index (χ3n) is 3.99. The van der Waals surface area contributed by atoms with Crippen molar-refractivity contribution in [2.24, 2.45) is 0 Å². The predicted octanol–water partition coefficient (Wildman–Crippen LogP) is 1.98. The highest BCUT2D eigenvalue weighted by atomic mass is 16.5. The Morgan fingerprint density at radius 3 is 2.22 bits per heavy atom. The van der Waals surface area contributed by atoms with Crippen molar-refractivity contribution in [2.75, 3.05) is 26.2 Å². The van der Waals surface area contributed by atoms with Gasteiger partial charge in [-0.3, -0.25) is 9.80 Å². The molecule has 0 aliphatic carbocycles. The van der Waals surface area contributed by atoms with Crippen molar-refractivity contribution in [3.8, 4) is 0 Å². The zero-order valence-electron chi connectivity index (χ0n) is 14.4. The topological polar surface area (TPSA) is 71.4 Å². The van der Waals surface area contributed by atoms with Crippen LogP contribution >= 0.6 is 0 Å². The lowest BCUT2D eigenvalue weighted by Gasteiger charge is -2.33. The van der Waals surface area contributed by atoms with Gasteiger partial charge >= 0.3 is 0 Å². The number of hydrogen-bond acceptors (Lipinski definition) is 7. The maximum Gasteiger partial charge on any atom is 0.230 e. The van der Waals surface area contributed by atoms with Crippen molar-refractivity contribution in [1.82, 2.24) is 25.2 Å². The van der Waals surface area contributed by atoms with Crippen LogP contribution in [0.15, 0.2) is 15.0 Å². The molecule has 0 radical (unpaired) electrons. The molecule has 0 spiro atoms. The van der Waals surface area contributed by atoms with Gasteiger partial charge in [0.2, 0.25) is 11.8 Å². The SMILES string of the molecule is Cc1cc(CN2CCN(Cc3nnc(C(C)(C)C)o3)CC2)on1. The second kappa shape index (κ2) is 6.41. The summed E-state index contributed by atoms with van der Waals surface area (Å²) in [5.41, 5.74) is 0.837. The molecule has 2 aromatic heterocycles. The van der Waals surface area contributed by atoms with Crippen LogP contribution in [0.2, 0.25) is 0 Å². The molecule has 2 aromatic rings. The normalized spacial score (nSPS) is 17.7.